The average Bonchev–Trinajstić information content (AvgIpc) is 3.45. The summed E-state index contributed by atoms with van der Waals surface area (Å²) in [6.07, 6.45) is 4.66. The topological polar surface area (TPSA) is 58.6 Å². The third-order valence-electron chi connectivity index (χ3n) is 6.92. The van der Waals surface area contributed by atoms with E-state index in [0.29, 0.717) is 17.2 Å². The first-order valence-corrected chi connectivity index (χ1v) is 14.6. The Hall–Kier alpha value is -2.96. The first kappa shape index (κ1) is 28.1. The molecule has 5 nitrogen and oxygen atoms in total. The Morgan fingerprint density at radius 3 is 2.34 bits per heavy atom. The molecular formula is C31H35ClN2O3S. The number of amides is 2. The van der Waals surface area contributed by atoms with Gasteiger partial charge in [0.05, 0.1) is 12.9 Å². The highest BCUT2D eigenvalue weighted by atomic mass is 35.5. The van der Waals surface area contributed by atoms with Crippen molar-refractivity contribution in [1.82, 2.24) is 10.2 Å². The van der Waals surface area contributed by atoms with E-state index in [4.69, 9.17) is 16.3 Å². The van der Waals surface area contributed by atoms with Crippen LogP contribution in [0.1, 0.15) is 42.4 Å². The second kappa shape index (κ2) is 14.3. The van der Waals surface area contributed by atoms with E-state index in [1.807, 2.05) is 78.9 Å². The van der Waals surface area contributed by atoms with Gasteiger partial charge in [-0.05, 0) is 47.7 Å². The second-order valence-electron chi connectivity index (χ2n) is 9.65. The lowest BCUT2D eigenvalue weighted by atomic mass is 10.0. The predicted molar refractivity (Wildman–Crippen MR) is 155 cm³/mol. The van der Waals surface area contributed by atoms with Crippen LogP contribution in [0.2, 0.25) is 5.02 Å². The zero-order valence-corrected chi connectivity index (χ0v) is 23.3. The van der Waals surface area contributed by atoms with E-state index in [1.54, 1.807) is 23.8 Å². The van der Waals surface area contributed by atoms with Gasteiger partial charge in [0.2, 0.25) is 11.8 Å². The summed E-state index contributed by atoms with van der Waals surface area (Å²) in [6.45, 7) is 0.275. The van der Waals surface area contributed by atoms with Gasteiger partial charge in [0.15, 0.2) is 0 Å². The molecule has 4 rings (SSSR count). The Morgan fingerprint density at radius 2 is 1.66 bits per heavy atom. The fourth-order valence-electron chi connectivity index (χ4n) is 4.79. The van der Waals surface area contributed by atoms with Crippen molar-refractivity contribution >= 4 is 35.2 Å². The van der Waals surface area contributed by atoms with E-state index >= 15 is 0 Å². The highest BCUT2D eigenvalue weighted by molar-refractivity contribution is 7.99. The van der Waals surface area contributed by atoms with Crippen molar-refractivity contribution < 1.29 is 14.3 Å². The lowest BCUT2D eigenvalue weighted by molar-refractivity contribution is -0.139. The fraction of sp³-hybridized carbons (Fsp3) is 0.355. The summed E-state index contributed by atoms with van der Waals surface area (Å²) in [5.74, 6) is 1.58. The average molecular weight is 551 g/mol. The molecule has 1 N–H and O–H groups in total. The third-order valence-corrected chi connectivity index (χ3v) is 8.28. The number of carbonyl (C=O) groups is 2. The summed E-state index contributed by atoms with van der Waals surface area (Å²) >= 11 is 8.05. The van der Waals surface area contributed by atoms with E-state index in [9.17, 15) is 9.59 Å². The first-order valence-electron chi connectivity index (χ1n) is 13.1. The fourth-order valence-corrected chi connectivity index (χ4v) is 5.86. The van der Waals surface area contributed by atoms with Crippen molar-refractivity contribution in [1.29, 1.82) is 0 Å². The molecule has 0 aromatic heterocycles. The number of nitrogens with one attached hydrogen (secondary N) is 1. The monoisotopic (exact) mass is 550 g/mol. The summed E-state index contributed by atoms with van der Waals surface area (Å²) < 4.78 is 5.24. The minimum atomic E-state index is -0.636. The first-order chi connectivity index (χ1) is 18.5. The van der Waals surface area contributed by atoms with Crippen LogP contribution >= 0.6 is 23.4 Å². The lowest BCUT2D eigenvalue weighted by Crippen LogP contribution is -2.52. The molecule has 3 aromatic rings. The van der Waals surface area contributed by atoms with E-state index < -0.39 is 6.04 Å². The van der Waals surface area contributed by atoms with Crippen molar-refractivity contribution in [2.24, 2.45) is 0 Å². The molecule has 0 heterocycles. The molecule has 1 aliphatic rings. The highest BCUT2D eigenvalue weighted by Crippen LogP contribution is 2.24. The largest absolute Gasteiger partial charge is 0.497 e. The molecule has 0 aliphatic heterocycles. The minimum absolute atomic E-state index is 0.0778. The van der Waals surface area contributed by atoms with Gasteiger partial charge in [-0.3, -0.25) is 9.59 Å². The van der Waals surface area contributed by atoms with Crippen molar-refractivity contribution in [2.45, 2.75) is 56.5 Å². The molecular weight excluding hydrogens is 516 g/mol. The maximum atomic E-state index is 13.8. The molecule has 1 saturated carbocycles. The molecule has 3 aromatic carbocycles. The van der Waals surface area contributed by atoms with E-state index in [0.717, 1.165) is 48.1 Å². The Balaban J connectivity index is 1.55. The normalized spacial score (nSPS) is 14.2. The predicted octanol–water partition coefficient (Wildman–Crippen LogP) is 6.28. The summed E-state index contributed by atoms with van der Waals surface area (Å²) in [6, 6.07) is 24.8. The Morgan fingerprint density at radius 1 is 0.974 bits per heavy atom. The van der Waals surface area contributed by atoms with E-state index in [2.05, 4.69) is 5.32 Å². The van der Waals surface area contributed by atoms with Crippen LogP contribution in [0.3, 0.4) is 0 Å². The number of nitrogens with zero attached hydrogens (tertiary/aromatic N) is 1. The van der Waals surface area contributed by atoms with Crippen molar-refractivity contribution in [3.8, 4) is 5.75 Å². The summed E-state index contributed by atoms with van der Waals surface area (Å²) in [5, 5.41) is 3.83. The van der Waals surface area contributed by atoms with E-state index in [-0.39, 0.29) is 30.2 Å². The van der Waals surface area contributed by atoms with Crippen LogP contribution in [0.5, 0.6) is 5.75 Å². The standard InChI is InChI=1S/C31H35ClN2O3S/c1-37-27-17-15-24(16-18-27)21-38-22-30(35)34(20-25-11-5-8-14-28(25)32)29(19-23-9-3-2-4-10-23)31(36)33-26-12-6-7-13-26/h2-5,8-11,14-18,26,29H,6-7,12-13,19-22H2,1H3,(H,33,36)/t29-/m0/s1. The number of rotatable bonds is 12. The molecule has 7 heteroatoms. The van der Waals surface area contributed by atoms with Crippen molar-refractivity contribution in [3.05, 3.63) is 101 Å². The number of benzene rings is 3. The molecule has 0 radical (unpaired) electrons. The van der Waals surface area contributed by atoms with Crippen LogP contribution < -0.4 is 10.1 Å². The van der Waals surface area contributed by atoms with Crippen molar-refractivity contribution in [2.75, 3.05) is 12.9 Å². The number of thioether (sulfide) groups is 1. The molecule has 38 heavy (non-hydrogen) atoms. The highest BCUT2D eigenvalue weighted by Gasteiger charge is 2.32. The zero-order chi connectivity index (χ0) is 26.7. The zero-order valence-electron chi connectivity index (χ0n) is 21.8. The van der Waals surface area contributed by atoms with Gasteiger partial charge in [0, 0.05) is 29.8 Å². The summed E-state index contributed by atoms with van der Waals surface area (Å²) in [5.41, 5.74) is 2.96. The van der Waals surface area contributed by atoms with Gasteiger partial charge in [-0.1, -0.05) is 85.1 Å². The molecule has 0 spiro atoms. The minimum Gasteiger partial charge on any atom is -0.497 e. The molecule has 1 fully saturated rings. The Bertz CT molecular complexity index is 1180. The van der Waals surface area contributed by atoms with Gasteiger partial charge < -0.3 is 15.0 Å². The van der Waals surface area contributed by atoms with E-state index in [1.165, 1.54) is 0 Å². The van der Waals surface area contributed by atoms with Crippen LogP contribution in [-0.4, -0.2) is 41.7 Å². The number of hydrogen-bond donors (Lipinski definition) is 1. The maximum Gasteiger partial charge on any atom is 0.243 e. The van der Waals surface area contributed by atoms with Gasteiger partial charge in [0.1, 0.15) is 11.8 Å². The lowest BCUT2D eigenvalue weighted by Gasteiger charge is -2.32. The van der Waals surface area contributed by atoms with Gasteiger partial charge in [-0.2, -0.15) is 0 Å². The third kappa shape index (κ3) is 8.02. The number of methoxy groups -OCH3 is 1. The van der Waals surface area contributed by atoms with Crippen molar-refractivity contribution in [3.63, 3.8) is 0 Å². The summed E-state index contributed by atoms with van der Waals surface area (Å²) in [4.78, 5) is 29.2. The Kier molecular flexibility index (Phi) is 10.5. The SMILES string of the molecule is COc1ccc(CSCC(=O)N(Cc2ccccc2Cl)[C@@H](Cc2ccccc2)C(=O)NC2CCCC2)cc1. The quantitative estimate of drug-likeness (QED) is 0.288. The smallest absolute Gasteiger partial charge is 0.243 e. The maximum absolute atomic E-state index is 13.8. The van der Waals surface area contributed by atoms with Crippen LogP contribution in [0.15, 0.2) is 78.9 Å². The number of hydrogen-bond acceptors (Lipinski definition) is 4. The van der Waals surface area contributed by atoms with Crippen LogP contribution in [0.25, 0.3) is 0 Å². The van der Waals surface area contributed by atoms with Gasteiger partial charge in [0.25, 0.3) is 0 Å². The van der Waals surface area contributed by atoms with Crippen LogP contribution in [0.4, 0.5) is 0 Å². The number of ether oxygens (including phenoxy) is 1. The van der Waals surface area contributed by atoms with Gasteiger partial charge >= 0.3 is 0 Å². The molecule has 2 amide bonds. The molecule has 200 valence electrons. The molecule has 0 bridgehead atoms. The van der Waals surface area contributed by atoms with Gasteiger partial charge in [-0.15, -0.1) is 11.8 Å². The van der Waals surface area contributed by atoms with Gasteiger partial charge in [-0.25, -0.2) is 0 Å². The molecule has 1 atom stereocenters. The summed E-state index contributed by atoms with van der Waals surface area (Å²) in [7, 11) is 1.64. The Labute approximate surface area is 234 Å². The molecule has 1 aliphatic carbocycles. The molecule has 0 saturated heterocycles. The number of carbonyl (C=O) groups excluding carboxylic acids is 2. The van der Waals surface area contributed by atoms with Crippen LogP contribution in [0, 0.1) is 0 Å². The van der Waals surface area contributed by atoms with Crippen LogP contribution in [-0.2, 0) is 28.3 Å². The second-order valence-corrected chi connectivity index (χ2v) is 11.0. The molecule has 0 unspecified atom stereocenters. The number of halogens is 1.